The summed E-state index contributed by atoms with van der Waals surface area (Å²) in [5.41, 5.74) is 2.23. The monoisotopic (exact) mass is 342 g/mol. The molecule has 0 aromatic heterocycles. The molecule has 2 rings (SSSR count). The molecule has 0 saturated carbocycles. The van der Waals surface area contributed by atoms with Gasteiger partial charge in [0.2, 0.25) is 5.91 Å². The summed E-state index contributed by atoms with van der Waals surface area (Å²) in [4.78, 5) is 25.2. The molecule has 2 aromatic carbocycles. The maximum Gasteiger partial charge on any atom is 0.253 e. The van der Waals surface area contributed by atoms with Crippen molar-refractivity contribution in [1.29, 1.82) is 0 Å². The first-order chi connectivity index (χ1) is 12.0. The molecule has 0 saturated heterocycles. The fraction of sp³-hybridized carbons (Fsp3) is 0.300. The van der Waals surface area contributed by atoms with Crippen LogP contribution in [0.25, 0.3) is 0 Å². The highest BCUT2D eigenvalue weighted by molar-refractivity contribution is 5.93. The Kier molecular flexibility index (Phi) is 6.69. The third kappa shape index (κ3) is 5.71. The molecule has 0 aliphatic carbocycles. The van der Waals surface area contributed by atoms with Crippen LogP contribution in [0.2, 0.25) is 0 Å². The number of carbonyl (C=O) groups excluding carboxylic acids is 2. The van der Waals surface area contributed by atoms with Crippen LogP contribution >= 0.6 is 0 Å². The summed E-state index contributed by atoms with van der Waals surface area (Å²) in [7, 11) is 3.42. The second-order valence-electron chi connectivity index (χ2n) is 6.09. The van der Waals surface area contributed by atoms with Crippen molar-refractivity contribution >= 4 is 11.8 Å². The first-order valence-corrected chi connectivity index (χ1v) is 8.28. The quantitative estimate of drug-likeness (QED) is 0.841. The first kappa shape index (κ1) is 18.6. The Morgan fingerprint density at radius 3 is 2.32 bits per heavy atom. The average molecular weight is 342 g/mol. The molecule has 5 heteroatoms. The lowest BCUT2D eigenvalue weighted by molar-refractivity contribution is -0.121. The van der Waals surface area contributed by atoms with E-state index in [9.17, 15) is 14.0 Å². The van der Waals surface area contributed by atoms with E-state index >= 15 is 0 Å². The number of amides is 2. The van der Waals surface area contributed by atoms with Gasteiger partial charge in [-0.3, -0.25) is 9.59 Å². The van der Waals surface area contributed by atoms with Crippen LogP contribution < -0.4 is 5.32 Å². The Morgan fingerprint density at radius 1 is 1.00 bits per heavy atom. The molecule has 0 aliphatic rings. The van der Waals surface area contributed by atoms with E-state index in [2.05, 4.69) is 5.32 Å². The number of rotatable bonds is 7. The summed E-state index contributed by atoms with van der Waals surface area (Å²) in [5, 5.41) is 2.81. The molecule has 0 unspecified atom stereocenters. The summed E-state index contributed by atoms with van der Waals surface area (Å²) in [6.45, 7) is 0.413. The molecule has 25 heavy (non-hydrogen) atoms. The molecule has 2 amide bonds. The molecule has 0 fully saturated rings. The average Bonchev–Trinajstić information content (AvgIpc) is 2.61. The van der Waals surface area contributed by atoms with Gasteiger partial charge >= 0.3 is 0 Å². The minimum Gasteiger partial charge on any atom is -0.356 e. The number of carbonyl (C=O) groups is 2. The SMILES string of the molecule is CN(C)C(=O)c1ccc(CCC(=O)NCCc2ccccc2F)cc1. The largest absolute Gasteiger partial charge is 0.356 e. The number of hydrogen-bond acceptors (Lipinski definition) is 2. The van der Waals surface area contributed by atoms with E-state index in [0.717, 1.165) is 5.56 Å². The number of nitrogens with zero attached hydrogens (tertiary/aromatic N) is 1. The second-order valence-corrected chi connectivity index (χ2v) is 6.09. The number of benzene rings is 2. The molecule has 0 aliphatic heterocycles. The van der Waals surface area contributed by atoms with Gasteiger partial charge in [0.05, 0.1) is 0 Å². The zero-order valence-corrected chi connectivity index (χ0v) is 14.6. The fourth-order valence-corrected chi connectivity index (χ4v) is 2.46. The number of hydrogen-bond donors (Lipinski definition) is 1. The van der Waals surface area contributed by atoms with E-state index < -0.39 is 0 Å². The molecule has 0 radical (unpaired) electrons. The summed E-state index contributed by atoms with van der Waals surface area (Å²) in [6.07, 6.45) is 1.43. The summed E-state index contributed by atoms with van der Waals surface area (Å²) in [5.74, 6) is -0.355. The van der Waals surface area contributed by atoms with Gasteiger partial charge in [0.25, 0.3) is 5.91 Å². The third-order valence-corrected chi connectivity index (χ3v) is 3.92. The lowest BCUT2D eigenvalue weighted by Gasteiger charge is -2.10. The van der Waals surface area contributed by atoms with Crippen LogP contribution in [-0.4, -0.2) is 37.4 Å². The van der Waals surface area contributed by atoms with E-state index in [1.165, 1.54) is 11.0 Å². The molecule has 2 aromatic rings. The predicted octanol–water partition coefficient (Wildman–Crippen LogP) is 2.82. The van der Waals surface area contributed by atoms with Crippen molar-refractivity contribution in [2.24, 2.45) is 0 Å². The number of aryl methyl sites for hydroxylation is 1. The molecule has 4 nitrogen and oxygen atoms in total. The van der Waals surface area contributed by atoms with E-state index in [1.54, 1.807) is 44.4 Å². The molecular weight excluding hydrogens is 319 g/mol. The highest BCUT2D eigenvalue weighted by atomic mass is 19.1. The van der Waals surface area contributed by atoms with Gasteiger partial charge in [-0.25, -0.2) is 4.39 Å². The highest BCUT2D eigenvalue weighted by Gasteiger charge is 2.08. The Balaban J connectivity index is 1.74. The van der Waals surface area contributed by atoms with E-state index in [-0.39, 0.29) is 17.6 Å². The van der Waals surface area contributed by atoms with Gasteiger partial charge in [0.15, 0.2) is 0 Å². The van der Waals surface area contributed by atoms with Crippen molar-refractivity contribution in [2.75, 3.05) is 20.6 Å². The minimum absolute atomic E-state index is 0.0440. The van der Waals surface area contributed by atoms with Crippen molar-refractivity contribution in [3.05, 3.63) is 71.0 Å². The number of nitrogens with one attached hydrogen (secondary N) is 1. The third-order valence-electron chi connectivity index (χ3n) is 3.92. The molecule has 0 spiro atoms. The van der Waals surface area contributed by atoms with Crippen molar-refractivity contribution in [1.82, 2.24) is 10.2 Å². The first-order valence-electron chi connectivity index (χ1n) is 8.28. The van der Waals surface area contributed by atoms with E-state index in [1.807, 2.05) is 12.1 Å². The van der Waals surface area contributed by atoms with Crippen LogP contribution in [0.4, 0.5) is 4.39 Å². The van der Waals surface area contributed by atoms with Gasteiger partial charge in [0.1, 0.15) is 5.82 Å². The van der Waals surface area contributed by atoms with Gasteiger partial charge in [-0.2, -0.15) is 0 Å². The van der Waals surface area contributed by atoms with Gasteiger partial charge in [-0.15, -0.1) is 0 Å². The molecule has 0 atom stereocenters. The van der Waals surface area contributed by atoms with Gasteiger partial charge in [-0.05, 0) is 42.2 Å². The molecule has 132 valence electrons. The maximum absolute atomic E-state index is 13.5. The van der Waals surface area contributed by atoms with E-state index in [4.69, 9.17) is 0 Å². The van der Waals surface area contributed by atoms with E-state index in [0.29, 0.717) is 36.9 Å². The molecule has 1 N–H and O–H groups in total. The Bertz CT molecular complexity index is 727. The summed E-state index contributed by atoms with van der Waals surface area (Å²) < 4.78 is 13.5. The lowest BCUT2D eigenvalue weighted by atomic mass is 10.1. The molecule has 0 heterocycles. The summed E-state index contributed by atoms with van der Waals surface area (Å²) in [6, 6.07) is 13.8. The molecule has 0 bridgehead atoms. The van der Waals surface area contributed by atoms with Crippen LogP contribution in [0.15, 0.2) is 48.5 Å². The second kappa shape index (κ2) is 8.97. The van der Waals surface area contributed by atoms with Crippen LogP contribution in [-0.2, 0) is 17.6 Å². The van der Waals surface area contributed by atoms with Crippen molar-refractivity contribution in [3.8, 4) is 0 Å². The van der Waals surface area contributed by atoms with Crippen LogP contribution in [0.3, 0.4) is 0 Å². The standard InChI is InChI=1S/C20H23FN2O2/c1-23(2)20(25)17-10-7-15(8-11-17)9-12-19(24)22-14-13-16-5-3-4-6-18(16)21/h3-8,10-11H,9,12-14H2,1-2H3,(H,22,24). The summed E-state index contributed by atoms with van der Waals surface area (Å²) >= 11 is 0. The smallest absolute Gasteiger partial charge is 0.253 e. The topological polar surface area (TPSA) is 49.4 Å². The lowest BCUT2D eigenvalue weighted by Crippen LogP contribution is -2.26. The number of halogens is 1. The van der Waals surface area contributed by atoms with Gasteiger partial charge in [-0.1, -0.05) is 30.3 Å². The van der Waals surface area contributed by atoms with Crippen molar-refractivity contribution in [2.45, 2.75) is 19.3 Å². The Hall–Kier alpha value is -2.69. The maximum atomic E-state index is 13.5. The normalized spacial score (nSPS) is 10.4. The van der Waals surface area contributed by atoms with Crippen LogP contribution in [0.5, 0.6) is 0 Å². The van der Waals surface area contributed by atoms with Gasteiger partial charge < -0.3 is 10.2 Å². The van der Waals surface area contributed by atoms with Crippen molar-refractivity contribution < 1.29 is 14.0 Å². The zero-order valence-electron chi connectivity index (χ0n) is 14.6. The minimum atomic E-state index is -0.246. The Morgan fingerprint density at radius 2 is 1.68 bits per heavy atom. The van der Waals surface area contributed by atoms with Crippen LogP contribution in [0, 0.1) is 5.82 Å². The fourth-order valence-electron chi connectivity index (χ4n) is 2.46. The predicted molar refractivity (Wildman–Crippen MR) is 95.9 cm³/mol. The zero-order chi connectivity index (χ0) is 18.2. The Labute approximate surface area is 147 Å². The molecular formula is C20H23FN2O2. The van der Waals surface area contributed by atoms with Crippen molar-refractivity contribution in [3.63, 3.8) is 0 Å². The highest BCUT2D eigenvalue weighted by Crippen LogP contribution is 2.09. The van der Waals surface area contributed by atoms with Gasteiger partial charge in [0, 0.05) is 32.6 Å². The van der Waals surface area contributed by atoms with Crippen LogP contribution in [0.1, 0.15) is 27.9 Å².